The summed E-state index contributed by atoms with van der Waals surface area (Å²) in [6, 6.07) is 3.13. The van der Waals surface area contributed by atoms with Crippen LogP contribution in [0.3, 0.4) is 0 Å². The molecule has 156 valence electrons. The summed E-state index contributed by atoms with van der Waals surface area (Å²) in [4.78, 5) is 15.8. The van der Waals surface area contributed by atoms with Crippen LogP contribution < -0.4 is 10.2 Å². The third-order valence-corrected chi connectivity index (χ3v) is 7.10. The number of alkyl halides is 3. The van der Waals surface area contributed by atoms with Crippen LogP contribution in [0.5, 0.6) is 0 Å². The minimum absolute atomic E-state index is 0.0510. The number of anilines is 2. The molecule has 28 heavy (non-hydrogen) atoms. The summed E-state index contributed by atoms with van der Waals surface area (Å²) in [5.41, 5.74) is 0.127. The first kappa shape index (κ1) is 20.8. The number of carbonyl (C=O) groups is 1. The molecule has 1 aromatic rings. The predicted octanol–water partition coefficient (Wildman–Crippen LogP) is 2.36. The molecule has 1 N–H and O–H groups in total. The maximum absolute atomic E-state index is 13.1. The molecular weight excluding hydrogens is 395 g/mol. The number of amides is 1. The van der Waals surface area contributed by atoms with E-state index in [-0.39, 0.29) is 35.7 Å². The molecule has 2 fully saturated rings. The monoisotopic (exact) mass is 419 g/mol. The van der Waals surface area contributed by atoms with Crippen LogP contribution in [0.4, 0.5) is 24.5 Å². The molecule has 1 amide bonds. The molecule has 0 aliphatic carbocycles. The lowest BCUT2D eigenvalue weighted by Gasteiger charge is -2.26. The smallest absolute Gasteiger partial charge is 0.374 e. The lowest BCUT2D eigenvalue weighted by Crippen LogP contribution is -2.41. The van der Waals surface area contributed by atoms with Gasteiger partial charge in [0.2, 0.25) is 5.91 Å². The van der Waals surface area contributed by atoms with Crippen molar-refractivity contribution < 1.29 is 26.4 Å². The number of hydrogen-bond acceptors (Lipinski definition) is 5. The number of rotatable bonds is 5. The summed E-state index contributed by atoms with van der Waals surface area (Å²) in [6.07, 6.45) is -2.15. The predicted molar refractivity (Wildman–Crippen MR) is 101 cm³/mol. The zero-order chi connectivity index (χ0) is 20.5. The summed E-state index contributed by atoms with van der Waals surface area (Å²) in [5.74, 6) is -0.375. The molecule has 0 unspecified atom stereocenters. The summed E-state index contributed by atoms with van der Waals surface area (Å²) >= 11 is 0. The van der Waals surface area contributed by atoms with Crippen molar-refractivity contribution in [1.29, 1.82) is 0 Å². The van der Waals surface area contributed by atoms with E-state index in [0.29, 0.717) is 12.1 Å². The normalized spacial score (nSPS) is 21.7. The van der Waals surface area contributed by atoms with Crippen LogP contribution in [-0.2, 0) is 20.8 Å². The lowest BCUT2D eigenvalue weighted by molar-refractivity contribution is -0.137. The third-order valence-electron chi connectivity index (χ3n) is 5.35. The quantitative estimate of drug-likeness (QED) is 0.794. The number of likely N-dealkylation sites (N-methyl/N-ethyl adjacent to an activating group) is 1. The molecule has 2 aliphatic rings. The van der Waals surface area contributed by atoms with Crippen molar-refractivity contribution >= 4 is 27.1 Å². The molecule has 0 saturated carbocycles. The SMILES string of the molecule is CN(C(=O)CNc1cc(C(F)(F)F)ccc1N1CCCC1)[C@H]1CCS(=O)(=O)C1. The lowest BCUT2D eigenvalue weighted by atomic mass is 10.1. The number of benzene rings is 1. The van der Waals surface area contributed by atoms with Crippen molar-refractivity contribution in [2.45, 2.75) is 31.5 Å². The van der Waals surface area contributed by atoms with Gasteiger partial charge in [0.15, 0.2) is 9.84 Å². The van der Waals surface area contributed by atoms with Gasteiger partial charge in [0.1, 0.15) is 0 Å². The summed E-state index contributed by atoms with van der Waals surface area (Å²) in [6.45, 7) is 1.32. The van der Waals surface area contributed by atoms with E-state index in [1.165, 1.54) is 18.0 Å². The first-order valence-corrected chi connectivity index (χ1v) is 11.0. The van der Waals surface area contributed by atoms with Crippen LogP contribution in [0.15, 0.2) is 18.2 Å². The summed E-state index contributed by atoms with van der Waals surface area (Å²) in [7, 11) is -1.60. The number of carbonyl (C=O) groups excluding carboxylic acids is 1. The maximum Gasteiger partial charge on any atom is 0.416 e. The van der Waals surface area contributed by atoms with E-state index in [9.17, 15) is 26.4 Å². The molecule has 2 aliphatic heterocycles. The second-order valence-corrected chi connectivity index (χ2v) is 9.57. The molecule has 2 saturated heterocycles. The highest BCUT2D eigenvalue weighted by Crippen LogP contribution is 2.36. The molecule has 2 heterocycles. The van der Waals surface area contributed by atoms with E-state index in [0.717, 1.165) is 38.1 Å². The van der Waals surface area contributed by atoms with Crippen LogP contribution in [0.1, 0.15) is 24.8 Å². The Morgan fingerprint density at radius 1 is 1.29 bits per heavy atom. The summed E-state index contributed by atoms with van der Waals surface area (Å²) < 4.78 is 62.5. The van der Waals surface area contributed by atoms with Crippen molar-refractivity contribution in [2.75, 3.05) is 48.4 Å². The molecule has 3 rings (SSSR count). The van der Waals surface area contributed by atoms with Crippen molar-refractivity contribution in [1.82, 2.24) is 4.90 Å². The molecule has 0 radical (unpaired) electrons. The molecule has 10 heteroatoms. The minimum Gasteiger partial charge on any atom is -0.374 e. The average molecular weight is 419 g/mol. The standard InChI is InChI=1S/C18H24F3N3O3S/c1-23(14-6-9-28(26,27)12-14)17(25)11-22-15-10-13(18(19,20)21)4-5-16(15)24-7-2-3-8-24/h4-5,10,14,22H,2-3,6-9,11-12H2,1H3/t14-/m0/s1. The first-order valence-electron chi connectivity index (χ1n) is 9.23. The van der Waals surface area contributed by atoms with Crippen LogP contribution in [0.25, 0.3) is 0 Å². The average Bonchev–Trinajstić information content (AvgIpc) is 3.27. The molecule has 1 aromatic carbocycles. The Labute approximate surface area is 162 Å². The van der Waals surface area contributed by atoms with Crippen molar-refractivity contribution in [3.05, 3.63) is 23.8 Å². The van der Waals surface area contributed by atoms with Crippen molar-refractivity contribution in [3.63, 3.8) is 0 Å². The fourth-order valence-electron chi connectivity index (χ4n) is 3.67. The van der Waals surface area contributed by atoms with Gasteiger partial charge in [0.25, 0.3) is 0 Å². The molecule has 6 nitrogen and oxygen atoms in total. The summed E-state index contributed by atoms with van der Waals surface area (Å²) in [5, 5.41) is 2.85. The number of nitrogens with one attached hydrogen (secondary N) is 1. The Hall–Kier alpha value is -1.97. The van der Waals surface area contributed by atoms with Crippen LogP contribution in [0.2, 0.25) is 0 Å². The fourth-order valence-corrected chi connectivity index (χ4v) is 5.44. The maximum atomic E-state index is 13.1. The Morgan fingerprint density at radius 3 is 2.54 bits per heavy atom. The zero-order valence-corrected chi connectivity index (χ0v) is 16.4. The first-order chi connectivity index (χ1) is 13.1. The zero-order valence-electron chi connectivity index (χ0n) is 15.6. The molecule has 0 spiro atoms. The van der Waals surface area contributed by atoms with Crippen molar-refractivity contribution in [2.24, 2.45) is 0 Å². The van der Waals surface area contributed by atoms with Crippen LogP contribution in [0, 0.1) is 0 Å². The van der Waals surface area contributed by atoms with E-state index < -0.39 is 21.6 Å². The highest BCUT2D eigenvalue weighted by atomic mass is 32.2. The van der Waals surface area contributed by atoms with E-state index >= 15 is 0 Å². The Bertz CT molecular complexity index is 836. The molecule has 1 atom stereocenters. The van der Waals surface area contributed by atoms with Gasteiger partial charge < -0.3 is 15.1 Å². The van der Waals surface area contributed by atoms with E-state index in [1.54, 1.807) is 0 Å². The van der Waals surface area contributed by atoms with Gasteiger partial charge >= 0.3 is 6.18 Å². The van der Waals surface area contributed by atoms with E-state index in [2.05, 4.69) is 5.32 Å². The largest absolute Gasteiger partial charge is 0.416 e. The van der Waals surface area contributed by atoms with Gasteiger partial charge in [-0.05, 0) is 37.5 Å². The topological polar surface area (TPSA) is 69.7 Å². The Morgan fingerprint density at radius 2 is 1.96 bits per heavy atom. The minimum atomic E-state index is -4.47. The Balaban J connectivity index is 1.73. The number of hydrogen-bond donors (Lipinski definition) is 1. The second-order valence-electron chi connectivity index (χ2n) is 7.34. The fraction of sp³-hybridized carbons (Fsp3) is 0.611. The van der Waals surface area contributed by atoms with Crippen molar-refractivity contribution in [3.8, 4) is 0 Å². The van der Waals surface area contributed by atoms with Gasteiger partial charge in [-0.1, -0.05) is 0 Å². The number of nitrogens with zero attached hydrogens (tertiary/aromatic N) is 2. The van der Waals surface area contributed by atoms with Gasteiger partial charge in [-0.3, -0.25) is 4.79 Å². The van der Waals surface area contributed by atoms with Gasteiger partial charge in [-0.2, -0.15) is 13.2 Å². The number of halogens is 3. The highest BCUT2D eigenvalue weighted by molar-refractivity contribution is 7.91. The third kappa shape index (κ3) is 4.71. The van der Waals surface area contributed by atoms with Crippen LogP contribution >= 0.6 is 0 Å². The number of sulfone groups is 1. The second kappa shape index (κ2) is 7.81. The van der Waals surface area contributed by atoms with Gasteiger partial charge in [-0.15, -0.1) is 0 Å². The van der Waals surface area contributed by atoms with Crippen LogP contribution in [-0.4, -0.2) is 63.5 Å². The molecule has 0 aromatic heterocycles. The Kier molecular flexibility index (Phi) is 5.79. The molecular formula is C18H24F3N3O3S. The van der Waals surface area contributed by atoms with Gasteiger partial charge in [-0.25, -0.2) is 8.42 Å². The van der Waals surface area contributed by atoms with E-state index in [1.807, 2.05) is 4.90 Å². The van der Waals surface area contributed by atoms with E-state index in [4.69, 9.17) is 0 Å². The van der Waals surface area contributed by atoms with Gasteiger partial charge in [0.05, 0.1) is 35.0 Å². The highest BCUT2D eigenvalue weighted by Gasteiger charge is 2.33. The molecule has 0 bridgehead atoms. The van der Waals surface area contributed by atoms with Gasteiger partial charge in [0, 0.05) is 26.2 Å².